The first-order valence-electron chi connectivity index (χ1n) is 6.83. The fourth-order valence-corrected chi connectivity index (χ4v) is 3.62. The smallest absolute Gasteiger partial charge is 0.356 e. The molecule has 19 heavy (non-hydrogen) atoms. The van der Waals surface area contributed by atoms with Crippen LogP contribution < -0.4 is 4.90 Å². The Hall–Kier alpha value is -1.29. The predicted molar refractivity (Wildman–Crippen MR) is 73.9 cm³/mol. The molecule has 2 heterocycles. The standard InChI is InChI=1S/C14H17ClN2O2/c15-10-5-6-12(16-13(10)14(18)19)17-8-7-9-3-1-2-4-11(9)17/h5-6,9,11H,1-4,7-8H2,(H,18,19). The lowest BCUT2D eigenvalue weighted by Gasteiger charge is -2.32. The van der Waals surface area contributed by atoms with Crippen LogP contribution in [0.2, 0.25) is 5.02 Å². The number of fused-ring (bicyclic) bond motifs is 1. The lowest BCUT2D eigenvalue weighted by Crippen LogP contribution is -2.35. The Labute approximate surface area is 117 Å². The second-order valence-corrected chi connectivity index (χ2v) is 5.81. The second-order valence-electron chi connectivity index (χ2n) is 5.40. The van der Waals surface area contributed by atoms with Crippen molar-refractivity contribution in [3.8, 4) is 0 Å². The Kier molecular flexibility index (Phi) is 3.35. The van der Waals surface area contributed by atoms with Gasteiger partial charge in [-0.25, -0.2) is 9.78 Å². The molecular weight excluding hydrogens is 264 g/mol. The Balaban J connectivity index is 1.90. The van der Waals surface area contributed by atoms with Crippen molar-refractivity contribution in [3.05, 3.63) is 22.8 Å². The summed E-state index contributed by atoms with van der Waals surface area (Å²) in [6.07, 6.45) is 6.26. The number of carboxylic acid groups (broad SMARTS) is 1. The molecule has 0 bridgehead atoms. The van der Waals surface area contributed by atoms with Gasteiger partial charge in [-0.15, -0.1) is 0 Å². The van der Waals surface area contributed by atoms with Crippen LogP contribution in [-0.2, 0) is 0 Å². The summed E-state index contributed by atoms with van der Waals surface area (Å²) in [5.74, 6) is 0.446. The van der Waals surface area contributed by atoms with Crippen LogP contribution in [0.4, 0.5) is 5.82 Å². The van der Waals surface area contributed by atoms with Crippen LogP contribution >= 0.6 is 11.6 Å². The minimum Gasteiger partial charge on any atom is -0.476 e. The molecule has 0 radical (unpaired) electrons. The third kappa shape index (κ3) is 2.29. The summed E-state index contributed by atoms with van der Waals surface area (Å²) in [5.41, 5.74) is -0.0431. The number of rotatable bonds is 2. The first-order chi connectivity index (χ1) is 9.16. The van der Waals surface area contributed by atoms with E-state index in [0.717, 1.165) is 18.3 Å². The Morgan fingerprint density at radius 3 is 2.89 bits per heavy atom. The molecule has 0 spiro atoms. The van der Waals surface area contributed by atoms with Gasteiger partial charge in [-0.1, -0.05) is 24.4 Å². The average Bonchev–Trinajstić information content (AvgIpc) is 2.83. The van der Waals surface area contributed by atoms with Gasteiger partial charge in [-0.3, -0.25) is 0 Å². The number of aromatic carboxylic acids is 1. The number of aromatic nitrogens is 1. The van der Waals surface area contributed by atoms with E-state index in [9.17, 15) is 4.79 Å². The number of pyridine rings is 1. The molecular formula is C14H17ClN2O2. The van der Waals surface area contributed by atoms with Crippen LogP contribution in [-0.4, -0.2) is 28.6 Å². The predicted octanol–water partition coefficient (Wildman–Crippen LogP) is 3.20. The molecule has 1 aliphatic carbocycles. The molecule has 1 saturated heterocycles. The summed E-state index contributed by atoms with van der Waals surface area (Å²) in [6.45, 7) is 0.975. The molecule has 5 heteroatoms. The number of carboxylic acids is 1. The summed E-state index contributed by atoms with van der Waals surface area (Å²) >= 11 is 5.87. The van der Waals surface area contributed by atoms with Crippen LogP contribution in [0.15, 0.2) is 12.1 Å². The molecule has 3 rings (SSSR count). The normalized spacial score (nSPS) is 26.3. The highest BCUT2D eigenvalue weighted by Crippen LogP contribution is 2.38. The maximum Gasteiger partial charge on any atom is 0.356 e. The van der Waals surface area contributed by atoms with Crippen molar-refractivity contribution in [1.29, 1.82) is 0 Å². The number of hydrogen-bond donors (Lipinski definition) is 1. The van der Waals surface area contributed by atoms with Crippen molar-refractivity contribution < 1.29 is 9.90 Å². The molecule has 1 saturated carbocycles. The van der Waals surface area contributed by atoms with E-state index in [-0.39, 0.29) is 10.7 Å². The van der Waals surface area contributed by atoms with E-state index in [1.807, 2.05) is 6.07 Å². The van der Waals surface area contributed by atoms with Crippen LogP contribution in [0.5, 0.6) is 0 Å². The fraction of sp³-hybridized carbons (Fsp3) is 0.571. The minimum atomic E-state index is -1.06. The molecule has 2 aliphatic rings. The van der Waals surface area contributed by atoms with Gasteiger partial charge >= 0.3 is 5.97 Å². The Bertz CT molecular complexity index is 506. The van der Waals surface area contributed by atoms with Crippen molar-refractivity contribution in [2.24, 2.45) is 5.92 Å². The molecule has 2 fully saturated rings. The van der Waals surface area contributed by atoms with Gasteiger partial charge in [0.15, 0.2) is 5.69 Å². The van der Waals surface area contributed by atoms with E-state index in [2.05, 4.69) is 9.88 Å². The van der Waals surface area contributed by atoms with Crippen molar-refractivity contribution in [2.75, 3.05) is 11.4 Å². The fourth-order valence-electron chi connectivity index (χ4n) is 3.43. The third-order valence-electron chi connectivity index (χ3n) is 4.34. The highest BCUT2D eigenvalue weighted by Gasteiger charge is 2.36. The lowest BCUT2D eigenvalue weighted by molar-refractivity contribution is 0.0691. The number of carbonyl (C=O) groups is 1. The SMILES string of the molecule is O=C(O)c1nc(N2CCC3CCCCC32)ccc1Cl. The largest absolute Gasteiger partial charge is 0.476 e. The average molecular weight is 281 g/mol. The number of nitrogens with zero attached hydrogens (tertiary/aromatic N) is 2. The van der Waals surface area contributed by atoms with Crippen LogP contribution in [0.3, 0.4) is 0 Å². The highest BCUT2D eigenvalue weighted by atomic mass is 35.5. The quantitative estimate of drug-likeness (QED) is 0.904. The monoisotopic (exact) mass is 280 g/mol. The first-order valence-corrected chi connectivity index (χ1v) is 7.21. The number of hydrogen-bond acceptors (Lipinski definition) is 3. The van der Waals surface area contributed by atoms with Gasteiger partial charge in [-0.2, -0.15) is 0 Å². The van der Waals surface area contributed by atoms with E-state index in [0.29, 0.717) is 6.04 Å². The van der Waals surface area contributed by atoms with Gasteiger partial charge in [0.1, 0.15) is 5.82 Å². The highest BCUT2D eigenvalue weighted by molar-refractivity contribution is 6.33. The van der Waals surface area contributed by atoms with E-state index in [1.54, 1.807) is 6.07 Å². The molecule has 102 valence electrons. The van der Waals surface area contributed by atoms with Gasteiger partial charge < -0.3 is 10.0 Å². The molecule has 1 aromatic heterocycles. The zero-order valence-corrected chi connectivity index (χ0v) is 11.4. The zero-order chi connectivity index (χ0) is 13.4. The van der Waals surface area contributed by atoms with Crippen molar-refractivity contribution in [3.63, 3.8) is 0 Å². The summed E-state index contributed by atoms with van der Waals surface area (Å²) in [7, 11) is 0. The number of halogens is 1. The van der Waals surface area contributed by atoms with Crippen molar-refractivity contribution in [2.45, 2.75) is 38.1 Å². The topological polar surface area (TPSA) is 53.4 Å². The summed E-state index contributed by atoms with van der Waals surface area (Å²) in [4.78, 5) is 17.6. The van der Waals surface area contributed by atoms with Crippen LogP contribution in [0.25, 0.3) is 0 Å². The molecule has 2 unspecified atom stereocenters. The van der Waals surface area contributed by atoms with E-state index in [4.69, 9.17) is 16.7 Å². The molecule has 4 nitrogen and oxygen atoms in total. The molecule has 0 aromatic carbocycles. The summed E-state index contributed by atoms with van der Waals surface area (Å²) in [5, 5.41) is 9.30. The molecule has 1 N–H and O–H groups in total. The van der Waals surface area contributed by atoms with Crippen molar-refractivity contribution in [1.82, 2.24) is 4.98 Å². The van der Waals surface area contributed by atoms with Crippen LogP contribution in [0.1, 0.15) is 42.6 Å². The van der Waals surface area contributed by atoms with Gasteiger partial charge in [0.2, 0.25) is 0 Å². The molecule has 1 aromatic rings. The Morgan fingerprint density at radius 1 is 1.32 bits per heavy atom. The third-order valence-corrected chi connectivity index (χ3v) is 4.64. The minimum absolute atomic E-state index is 0.0431. The van der Waals surface area contributed by atoms with Crippen LogP contribution in [0, 0.1) is 5.92 Å². The summed E-state index contributed by atoms with van der Waals surface area (Å²) in [6, 6.07) is 4.01. The zero-order valence-electron chi connectivity index (χ0n) is 10.7. The van der Waals surface area contributed by atoms with E-state index in [1.165, 1.54) is 32.1 Å². The van der Waals surface area contributed by atoms with Gasteiger partial charge in [0.25, 0.3) is 0 Å². The second kappa shape index (κ2) is 5.00. The molecule has 1 aliphatic heterocycles. The van der Waals surface area contributed by atoms with E-state index >= 15 is 0 Å². The van der Waals surface area contributed by atoms with Crippen molar-refractivity contribution >= 4 is 23.4 Å². The first kappa shape index (κ1) is 12.7. The van der Waals surface area contributed by atoms with Gasteiger partial charge in [0.05, 0.1) is 5.02 Å². The maximum atomic E-state index is 11.1. The molecule has 2 atom stereocenters. The maximum absolute atomic E-state index is 11.1. The lowest BCUT2D eigenvalue weighted by atomic mass is 9.85. The summed E-state index contributed by atoms with van der Waals surface area (Å²) < 4.78 is 0. The molecule has 0 amide bonds. The Morgan fingerprint density at radius 2 is 2.11 bits per heavy atom. The van der Waals surface area contributed by atoms with Gasteiger partial charge in [0, 0.05) is 12.6 Å². The number of anilines is 1. The van der Waals surface area contributed by atoms with E-state index < -0.39 is 5.97 Å². The van der Waals surface area contributed by atoms with Gasteiger partial charge in [-0.05, 0) is 37.3 Å².